The monoisotopic (exact) mass is 341 g/mol. The van der Waals surface area contributed by atoms with Crippen LogP contribution < -0.4 is 4.90 Å². The van der Waals surface area contributed by atoms with Gasteiger partial charge in [-0.3, -0.25) is 9.59 Å². The predicted octanol–water partition coefficient (Wildman–Crippen LogP) is 0.860. The summed E-state index contributed by atoms with van der Waals surface area (Å²) in [4.78, 5) is 34.7. The summed E-state index contributed by atoms with van der Waals surface area (Å²) in [6, 6.07) is 5.70. The van der Waals surface area contributed by atoms with Crippen LogP contribution in [0.2, 0.25) is 0 Å². The van der Waals surface area contributed by atoms with E-state index in [0.717, 1.165) is 19.4 Å². The number of anilines is 1. The lowest BCUT2D eigenvalue weighted by Crippen LogP contribution is -2.45. The van der Waals surface area contributed by atoms with Crippen molar-refractivity contribution in [1.82, 2.24) is 14.8 Å². The van der Waals surface area contributed by atoms with Gasteiger partial charge in [-0.25, -0.2) is 4.98 Å². The molecule has 2 aliphatic heterocycles. The van der Waals surface area contributed by atoms with Gasteiger partial charge in [-0.05, 0) is 25.0 Å². The molecule has 1 aromatic rings. The molecule has 2 aliphatic rings. The second-order valence-electron chi connectivity index (χ2n) is 6.66. The zero-order valence-corrected chi connectivity index (χ0v) is 14.5. The fourth-order valence-electron chi connectivity index (χ4n) is 3.50. The molecule has 0 aliphatic carbocycles. The molecule has 0 saturated carbocycles. The highest BCUT2D eigenvalue weighted by atomic mass is 16.2. The Morgan fingerprint density at radius 1 is 1.28 bits per heavy atom. The van der Waals surface area contributed by atoms with Crippen molar-refractivity contribution in [1.29, 1.82) is 5.26 Å². The molecule has 132 valence electrons. The molecule has 0 radical (unpaired) electrons. The molecule has 2 saturated heterocycles. The van der Waals surface area contributed by atoms with Crippen LogP contribution in [0.3, 0.4) is 0 Å². The van der Waals surface area contributed by atoms with E-state index in [1.165, 1.54) is 0 Å². The number of rotatable bonds is 2. The van der Waals surface area contributed by atoms with E-state index in [1.54, 1.807) is 30.3 Å². The first-order valence-electron chi connectivity index (χ1n) is 8.73. The Morgan fingerprint density at radius 2 is 2.12 bits per heavy atom. The van der Waals surface area contributed by atoms with Gasteiger partial charge in [0.25, 0.3) is 0 Å². The molecule has 7 heteroatoms. The third kappa shape index (κ3) is 3.73. The van der Waals surface area contributed by atoms with E-state index < -0.39 is 0 Å². The van der Waals surface area contributed by atoms with Crippen LogP contribution in [0.1, 0.15) is 24.8 Å². The Bertz CT molecular complexity index is 699. The molecular weight excluding hydrogens is 318 g/mol. The van der Waals surface area contributed by atoms with Crippen molar-refractivity contribution < 1.29 is 9.59 Å². The standard InChI is InChI=1S/C18H23N5O2/c1-21-9-5-14(12-16(21)24)18(25)23-8-3-7-22(10-11-23)17-15(13-19)4-2-6-20-17/h2,4,6,14H,3,5,7-12H2,1H3. The van der Waals surface area contributed by atoms with Gasteiger partial charge in [0, 0.05) is 58.3 Å². The lowest BCUT2D eigenvalue weighted by Gasteiger charge is -2.31. The summed E-state index contributed by atoms with van der Waals surface area (Å²) in [5.41, 5.74) is 0.559. The van der Waals surface area contributed by atoms with Crippen LogP contribution in [-0.4, -0.2) is 66.4 Å². The Kier molecular flexibility index (Phi) is 5.17. The Morgan fingerprint density at radius 3 is 2.88 bits per heavy atom. The molecule has 25 heavy (non-hydrogen) atoms. The van der Waals surface area contributed by atoms with Gasteiger partial charge >= 0.3 is 0 Å². The minimum atomic E-state index is -0.195. The fraction of sp³-hybridized carbons (Fsp3) is 0.556. The van der Waals surface area contributed by atoms with Gasteiger partial charge < -0.3 is 14.7 Å². The Balaban J connectivity index is 1.65. The lowest BCUT2D eigenvalue weighted by molar-refractivity contribution is -0.144. The highest BCUT2D eigenvalue weighted by Gasteiger charge is 2.32. The van der Waals surface area contributed by atoms with E-state index in [1.807, 2.05) is 4.90 Å². The summed E-state index contributed by atoms with van der Waals surface area (Å²) < 4.78 is 0. The summed E-state index contributed by atoms with van der Waals surface area (Å²) >= 11 is 0. The van der Waals surface area contributed by atoms with E-state index in [9.17, 15) is 14.9 Å². The van der Waals surface area contributed by atoms with E-state index >= 15 is 0 Å². The first-order chi connectivity index (χ1) is 12.1. The SMILES string of the molecule is CN1CCC(C(=O)N2CCCN(c3ncccc3C#N)CC2)CC1=O. The van der Waals surface area contributed by atoms with Gasteiger partial charge in [-0.15, -0.1) is 0 Å². The molecule has 0 spiro atoms. The van der Waals surface area contributed by atoms with Crippen LogP contribution in [0.15, 0.2) is 18.3 Å². The van der Waals surface area contributed by atoms with E-state index in [4.69, 9.17) is 0 Å². The average Bonchev–Trinajstić information content (AvgIpc) is 2.89. The number of nitriles is 1. The molecule has 0 N–H and O–H groups in total. The first-order valence-corrected chi connectivity index (χ1v) is 8.73. The lowest BCUT2D eigenvalue weighted by atomic mass is 9.95. The van der Waals surface area contributed by atoms with Crippen molar-refractivity contribution in [2.45, 2.75) is 19.3 Å². The largest absolute Gasteiger partial charge is 0.354 e. The number of carbonyl (C=O) groups is 2. The van der Waals surface area contributed by atoms with Crippen LogP contribution in [0.5, 0.6) is 0 Å². The summed E-state index contributed by atoms with van der Waals surface area (Å²) in [5, 5.41) is 9.26. The molecule has 2 amide bonds. The smallest absolute Gasteiger partial charge is 0.226 e. The van der Waals surface area contributed by atoms with Gasteiger partial charge in [0.05, 0.1) is 5.56 Å². The second kappa shape index (κ2) is 7.51. The van der Waals surface area contributed by atoms with Crippen LogP contribution in [0.25, 0.3) is 0 Å². The van der Waals surface area contributed by atoms with Gasteiger partial charge in [0.1, 0.15) is 11.9 Å². The number of likely N-dealkylation sites (tertiary alicyclic amines) is 1. The summed E-state index contributed by atoms with van der Waals surface area (Å²) in [6.07, 6.45) is 3.57. The Labute approximate surface area is 147 Å². The van der Waals surface area contributed by atoms with Gasteiger partial charge in [-0.2, -0.15) is 5.26 Å². The van der Waals surface area contributed by atoms with Crippen LogP contribution in [0, 0.1) is 17.2 Å². The number of pyridine rings is 1. The van der Waals surface area contributed by atoms with Crippen molar-refractivity contribution >= 4 is 17.6 Å². The topological polar surface area (TPSA) is 80.5 Å². The van der Waals surface area contributed by atoms with Gasteiger partial charge in [-0.1, -0.05) is 0 Å². The van der Waals surface area contributed by atoms with Crippen molar-refractivity contribution in [3.05, 3.63) is 23.9 Å². The molecule has 2 fully saturated rings. The molecule has 0 bridgehead atoms. The molecule has 1 unspecified atom stereocenters. The molecule has 1 atom stereocenters. The quantitative estimate of drug-likeness (QED) is 0.797. The zero-order chi connectivity index (χ0) is 17.8. The third-order valence-electron chi connectivity index (χ3n) is 5.02. The van der Waals surface area contributed by atoms with E-state index in [-0.39, 0.29) is 17.7 Å². The number of hydrogen-bond donors (Lipinski definition) is 0. The number of hydrogen-bond acceptors (Lipinski definition) is 5. The van der Waals surface area contributed by atoms with Crippen LogP contribution in [-0.2, 0) is 9.59 Å². The molecule has 1 aromatic heterocycles. The molecular formula is C18H23N5O2. The number of carbonyl (C=O) groups excluding carboxylic acids is 2. The maximum Gasteiger partial charge on any atom is 0.226 e. The highest BCUT2D eigenvalue weighted by molar-refractivity contribution is 5.87. The van der Waals surface area contributed by atoms with Crippen molar-refractivity contribution in [2.24, 2.45) is 5.92 Å². The van der Waals surface area contributed by atoms with E-state index in [2.05, 4.69) is 16.0 Å². The van der Waals surface area contributed by atoms with Gasteiger partial charge in [0.15, 0.2) is 0 Å². The maximum absolute atomic E-state index is 12.8. The minimum absolute atomic E-state index is 0.0493. The predicted molar refractivity (Wildman–Crippen MR) is 92.7 cm³/mol. The number of nitrogens with zero attached hydrogens (tertiary/aromatic N) is 5. The molecule has 3 rings (SSSR count). The van der Waals surface area contributed by atoms with Gasteiger partial charge in [0.2, 0.25) is 11.8 Å². The normalized spacial score (nSPS) is 21.7. The van der Waals surface area contributed by atoms with Crippen molar-refractivity contribution in [3.63, 3.8) is 0 Å². The van der Waals surface area contributed by atoms with Crippen molar-refractivity contribution in [3.8, 4) is 6.07 Å². The Hall–Kier alpha value is -2.62. The summed E-state index contributed by atoms with van der Waals surface area (Å²) in [7, 11) is 1.78. The van der Waals surface area contributed by atoms with E-state index in [0.29, 0.717) is 44.0 Å². The summed E-state index contributed by atoms with van der Waals surface area (Å²) in [6.45, 7) is 3.35. The average molecular weight is 341 g/mol. The molecule has 3 heterocycles. The highest BCUT2D eigenvalue weighted by Crippen LogP contribution is 2.22. The number of piperidine rings is 1. The second-order valence-corrected chi connectivity index (χ2v) is 6.66. The maximum atomic E-state index is 12.8. The van der Waals surface area contributed by atoms with Crippen LogP contribution in [0.4, 0.5) is 5.82 Å². The number of aromatic nitrogens is 1. The zero-order valence-electron chi connectivity index (χ0n) is 14.5. The fourth-order valence-corrected chi connectivity index (χ4v) is 3.50. The number of amides is 2. The third-order valence-corrected chi connectivity index (χ3v) is 5.02. The summed E-state index contributed by atoms with van der Waals surface area (Å²) in [5.74, 6) is 0.631. The molecule has 7 nitrogen and oxygen atoms in total. The van der Waals surface area contributed by atoms with Crippen LogP contribution >= 0.6 is 0 Å². The minimum Gasteiger partial charge on any atom is -0.354 e. The first kappa shape index (κ1) is 17.2. The molecule has 0 aromatic carbocycles. The van der Waals surface area contributed by atoms with Crippen molar-refractivity contribution in [2.75, 3.05) is 44.7 Å².